The molecule has 3 nitrogen and oxygen atoms in total. The van der Waals surface area contributed by atoms with E-state index in [9.17, 15) is 9.18 Å². The number of benzene rings is 2. The number of carbonyl (C=O) groups is 1. The Hall–Kier alpha value is -2.40. The van der Waals surface area contributed by atoms with Gasteiger partial charge in [0.2, 0.25) is 0 Å². The Bertz CT molecular complexity index is 941. The van der Waals surface area contributed by atoms with E-state index in [1.807, 2.05) is 47.4 Å². The number of halogens is 1. The number of pyridine rings is 1. The van der Waals surface area contributed by atoms with Gasteiger partial charge in [-0.3, -0.25) is 9.78 Å². The van der Waals surface area contributed by atoms with Crippen LogP contribution >= 0.6 is 11.8 Å². The third-order valence-electron chi connectivity index (χ3n) is 4.76. The number of hydrogen-bond acceptors (Lipinski definition) is 3. The topological polar surface area (TPSA) is 33.2 Å². The van der Waals surface area contributed by atoms with Crippen LogP contribution in [0.1, 0.15) is 27.7 Å². The van der Waals surface area contributed by atoms with Gasteiger partial charge in [0.25, 0.3) is 5.91 Å². The molecule has 26 heavy (non-hydrogen) atoms. The first-order valence-electron chi connectivity index (χ1n) is 8.73. The smallest absolute Gasteiger partial charge is 0.273 e. The molecule has 1 fully saturated rings. The largest absolute Gasteiger partial charge is 0.336 e. The van der Waals surface area contributed by atoms with Crippen molar-refractivity contribution in [3.8, 4) is 0 Å². The Kier molecular flexibility index (Phi) is 4.89. The molecule has 0 bridgehead atoms. The molecule has 0 aliphatic carbocycles. The predicted molar refractivity (Wildman–Crippen MR) is 104 cm³/mol. The SMILES string of the molecule is O=C(c1nccc2ccccc12)N1CCSC(c2ccccc2F)CC1. The van der Waals surface area contributed by atoms with Crippen molar-refractivity contribution in [1.29, 1.82) is 0 Å². The third kappa shape index (κ3) is 3.31. The zero-order valence-electron chi connectivity index (χ0n) is 14.3. The minimum Gasteiger partial charge on any atom is -0.336 e. The molecule has 1 aliphatic heterocycles. The fourth-order valence-corrected chi connectivity index (χ4v) is 4.65. The van der Waals surface area contributed by atoms with Gasteiger partial charge in [0.05, 0.1) is 0 Å². The van der Waals surface area contributed by atoms with E-state index in [1.54, 1.807) is 24.0 Å². The standard InChI is InChI=1S/C21H19FN2OS/c22-18-8-4-3-7-17(18)19-10-12-24(13-14-26-19)21(25)20-16-6-2-1-5-15(16)9-11-23-20/h1-9,11,19H,10,12-14H2. The maximum atomic E-state index is 14.1. The molecule has 2 aromatic carbocycles. The van der Waals surface area contributed by atoms with Crippen LogP contribution in [-0.4, -0.2) is 34.6 Å². The summed E-state index contributed by atoms with van der Waals surface area (Å²) in [7, 11) is 0. The average molecular weight is 366 g/mol. The molecule has 1 unspecified atom stereocenters. The first kappa shape index (κ1) is 17.0. The van der Waals surface area contributed by atoms with Crippen molar-refractivity contribution in [2.24, 2.45) is 0 Å². The molecule has 1 aliphatic rings. The van der Waals surface area contributed by atoms with Gasteiger partial charge in [0.15, 0.2) is 0 Å². The Balaban J connectivity index is 1.55. The molecule has 0 radical (unpaired) electrons. The van der Waals surface area contributed by atoms with Crippen molar-refractivity contribution >= 4 is 28.4 Å². The fourth-order valence-electron chi connectivity index (χ4n) is 3.40. The van der Waals surface area contributed by atoms with Gasteiger partial charge in [0, 0.05) is 41.2 Å². The van der Waals surface area contributed by atoms with Crippen LogP contribution in [0.15, 0.2) is 60.8 Å². The van der Waals surface area contributed by atoms with E-state index in [4.69, 9.17) is 0 Å². The number of aromatic nitrogens is 1. The van der Waals surface area contributed by atoms with Crippen molar-refractivity contribution in [2.45, 2.75) is 11.7 Å². The normalized spacial score (nSPS) is 17.9. The molecule has 1 atom stereocenters. The first-order chi connectivity index (χ1) is 12.7. The second-order valence-electron chi connectivity index (χ2n) is 6.34. The molecular weight excluding hydrogens is 347 g/mol. The van der Waals surface area contributed by atoms with Gasteiger partial charge in [-0.15, -0.1) is 0 Å². The van der Waals surface area contributed by atoms with Gasteiger partial charge in [0.1, 0.15) is 11.5 Å². The van der Waals surface area contributed by atoms with E-state index in [0.29, 0.717) is 18.8 Å². The number of amides is 1. The van der Waals surface area contributed by atoms with Crippen molar-refractivity contribution < 1.29 is 9.18 Å². The maximum absolute atomic E-state index is 14.1. The second kappa shape index (κ2) is 7.46. The Morgan fingerprint density at radius 2 is 1.88 bits per heavy atom. The number of nitrogens with zero attached hydrogens (tertiary/aromatic N) is 2. The Morgan fingerprint density at radius 1 is 1.08 bits per heavy atom. The quantitative estimate of drug-likeness (QED) is 0.659. The van der Waals surface area contributed by atoms with E-state index in [1.165, 1.54) is 6.07 Å². The van der Waals surface area contributed by atoms with Gasteiger partial charge in [-0.05, 0) is 23.9 Å². The van der Waals surface area contributed by atoms with Crippen molar-refractivity contribution in [2.75, 3.05) is 18.8 Å². The summed E-state index contributed by atoms with van der Waals surface area (Å²) < 4.78 is 14.1. The average Bonchev–Trinajstić information content (AvgIpc) is 2.93. The molecule has 132 valence electrons. The Labute approximate surface area is 156 Å². The number of fused-ring (bicyclic) bond motifs is 1. The molecule has 0 N–H and O–H groups in total. The van der Waals surface area contributed by atoms with Crippen molar-refractivity contribution in [3.63, 3.8) is 0 Å². The van der Waals surface area contributed by atoms with Crippen LogP contribution in [0.25, 0.3) is 10.8 Å². The minimum absolute atomic E-state index is 0.0448. The molecule has 5 heteroatoms. The van der Waals surface area contributed by atoms with Gasteiger partial charge in [-0.25, -0.2) is 4.39 Å². The number of hydrogen-bond donors (Lipinski definition) is 0. The van der Waals surface area contributed by atoms with Crippen LogP contribution in [-0.2, 0) is 0 Å². The fraction of sp³-hybridized carbons (Fsp3) is 0.238. The van der Waals surface area contributed by atoms with Crippen LogP contribution in [0.5, 0.6) is 0 Å². The molecule has 1 aromatic heterocycles. The first-order valence-corrected chi connectivity index (χ1v) is 9.78. The lowest BCUT2D eigenvalue weighted by Crippen LogP contribution is -2.33. The van der Waals surface area contributed by atoms with E-state index < -0.39 is 0 Å². The van der Waals surface area contributed by atoms with Crippen LogP contribution < -0.4 is 0 Å². The van der Waals surface area contributed by atoms with E-state index in [-0.39, 0.29) is 17.0 Å². The summed E-state index contributed by atoms with van der Waals surface area (Å²) in [4.78, 5) is 19.3. The Morgan fingerprint density at radius 3 is 2.77 bits per heavy atom. The van der Waals surface area contributed by atoms with Crippen molar-refractivity contribution in [1.82, 2.24) is 9.88 Å². The lowest BCUT2D eigenvalue weighted by molar-refractivity contribution is 0.0763. The van der Waals surface area contributed by atoms with Crippen LogP contribution in [0, 0.1) is 5.82 Å². The molecule has 0 saturated carbocycles. The molecule has 2 heterocycles. The summed E-state index contributed by atoms with van der Waals surface area (Å²) in [6.45, 7) is 1.26. The summed E-state index contributed by atoms with van der Waals surface area (Å²) >= 11 is 1.72. The monoisotopic (exact) mass is 366 g/mol. The summed E-state index contributed by atoms with van der Waals surface area (Å²) in [6.07, 6.45) is 2.42. The molecular formula is C21H19FN2OS. The summed E-state index contributed by atoms with van der Waals surface area (Å²) in [5.74, 6) is 0.576. The van der Waals surface area contributed by atoms with Crippen LogP contribution in [0.4, 0.5) is 4.39 Å². The zero-order valence-corrected chi connectivity index (χ0v) is 15.1. The molecule has 3 aromatic rings. The lowest BCUT2D eigenvalue weighted by Gasteiger charge is -2.20. The summed E-state index contributed by atoms with van der Waals surface area (Å²) in [5, 5.41) is 1.97. The van der Waals surface area contributed by atoms with Gasteiger partial charge < -0.3 is 4.90 Å². The highest BCUT2D eigenvalue weighted by Gasteiger charge is 2.25. The van der Waals surface area contributed by atoms with Gasteiger partial charge in [-0.2, -0.15) is 11.8 Å². The molecule has 1 saturated heterocycles. The lowest BCUT2D eigenvalue weighted by atomic mass is 10.1. The maximum Gasteiger partial charge on any atom is 0.273 e. The summed E-state index contributed by atoms with van der Waals surface area (Å²) in [6, 6.07) is 16.6. The van der Waals surface area contributed by atoms with E-state index in [0.717, 1.165) is 28.5 Å². The van der Waals surface area contributed by atoms with E-state index >= 15 is 0 Å². The predicted octanol–water partition coefficient (Wildman–Crippen LogP) is 4.69. The number of carbonyl (C=O) groups excluding carboxylic acids is 1. The van der Waals surface area contributed by atoms with E-state index in [2.05, 4.69) is 4.98 Å². The van der Waals surface area contributed by atoms with Crippen LogP contribution in [0.2, 0.25) is 0 Å². The number of thioether (sulfide) groups is 1. The highest BCUT2D eigenvalue weighted by Crippen LogP contribution is 2.36. The second-order valence-corrected chi connectivity index (χ2v) is 7.65. The number of rotatable bonds is 2. The van der Waals surface area contributed by atoms with Crippen LogP contribution in [0.3, 0.4) is 0 Å². The molecule has 1 amide bonds. The summed E-state index contributed by atoms with van der Waals surface area (Å²) in [5.41, 5.74) is 1.23. The van der Waals surface area contributed by atoms with Gasteiger partial charge >= 0.3 is 0 Å². The minimum atomic E-state index is -0.166. The highest BCUT2D eigenvalue weighted by atomic mass is 32.2. The van der Waals surface area contributed by atoms with Crippen molar-refractivity contribution in [3.05, 3.63) is 77.9 Å². The highest BCUT2D eigenvalue weighted by molar-refractivity contribution is 7.99. The zero-order chi connectivity index (χ0) is 17.9. The third-order valence-corrected chi connectivity index (χ3v) is 6.07. The molecule has 4 rings (SSSR count). The molecule has 0 spiro atoms. The van der Waals surface area contributed by atoms with Gasteiger partial charge in [-0.1, -0.05) is 42.5 Å².